The van der Waals surface area contributed by atoms with Gasteiger partial charge in [-0.2, -0.15) is 12.7 Å². The van der Waals surface area contributed by atoms with E-state index < -0.39 is 34.3 Å². The molecule has 7 nitrogen and oxygen atoms in total. The number of β-lactam (4-membered cyclic amide) rings is 1. The summed E-state index contributed by atoms with van der Waals surface area (Å²) >= 11 is 0. The highest BCUT2D eigenvalue weighted by Crippen LogP contribution is 2.33. The van der Waals surface area contributed by atoms with E-state index in [2.05, 4.69) is 4.74 Å². The Morgan fingerprint density at radius 2 is 2.12 bits per heavy atom. The van der Waals surface area contributed by atoms with Crippen LogP contribution in [0.3, 0.4) is 0 Å². The maximum absolute atomic E-state index is 11.4. The number of rotatable bonds is 4. The number of nitrogens with zero attached hydrogens (tertiary/aromatic N) is 1. The van der Waals surface area contributed by atoms with Gasteiger partial charge in [-0.1, -0.05) is 13.3 Å². The standard InChI is InChI=1S/C8H13NO6S/c1-3-4-6-7(11)9(16(12,13)14)8(6)15-5(2)10/h6,8H,3-4H2,1-2H3,(H,12,13,14)/t6-,8-/m0/s1. The van der Waals surface area contributed by atoms with Crippen LogP contribution >= 0.6 is 0 Å². The average molecular weight is 251 g/mol. The van der Waals surface area contributed by atoms with Gasteiger partial charge in [0.1, 0.15) is 0 Å². The summed E-state index contributed by atoms with van der Waals surface area (Å²) in [5, 5.41) is 0. The van der Waals surface area contributed by atoms with Gasteiger partial charge in [-0.25, -0.2) is 0 Å². The van der Waals surface area contributed by atoms with Crippen LogP contribution in [0.15, 0.2) is 0 Å². The zero-order chi connectivity index (χ0) is 12.5. The maximum atomic E-state index is 11.4. The lowest BCUT2D eigenvalue weighted by atomic mass is 9.94. The van der Waals surface area contributed by atoms with E-state index in [-0.39, 0.29) is 4.31 Å². The molecule has 1 aliphatic heterocycles. The van der Waals surface area contributed by atoms with Crippen molar-refractivity contribution in [2.45, 2.75) is 32.9 Å². The first-order chi connectivity index (χ1) is 7.29. The van der Waals surface area contributed by atoms with E-state index in [0.717, 1.165) is 6.92 Å². The molecular weight excluding hydrogens is 238 g/mol. The Bertz CT molecular complexity index is 403. The summed E-state index contributed by atoms with van der Waals surface area (Å²) in [6.45, 7) is 2.92. The minimum atomic E-state index is -4.65. The summed E-state index contributed by atoms with van der Waals surface area (Å²) < 4.78 is 35.3. The molecular formula is C8H13NO6S. The molecule has 0 bridgehead atoms. The minimum Gasteiger partial charge on any atom is -0.440 e. The molecule has 16 heavy (non-hydrogen) atoms. The molecule has 0 aliphatic carbocycles. The van der Waals surface area contributed by atoms with Gasteiger partial charge in [0.15, 0.2) is 0 Å². The lowest BCUT2D eigenvalue weighted by Gasteiger charge is -2.42. The molecule has 1 aliphatic rings. The Hall–Kier alpha value is -1.15. The Kier molecular flexibility index (Phi) is 3.54. The van der Waals surface area contributed by atoms with Crippen molar-refractivity contribution in [2.75, 3.05) is 0 Å². The van der Waals surface area contributed by atoms with Crippen molar-refractivity contribution < 1.29 is 27.3 Å². The number of hydrogen-bond acceptors (Lipinski definition) is 5. The van der Waals surface area contributed by atoms with E-state index in [1.807, 2.05) is 6.92 Å². The molecule has 0 aromatic carbocycles. The predicted octanol–water partition coefficient (Wildman–Crippen LogP) is -0.0631. The fraction of sp³-hybridized carbons (Fsp3) is 0.750. The zero-order valence-corrected chi connectivity index (χ0v) is 9.73. The van der Waals surface area contributed by atoms with Gasteiger partial charge in [0.2, 0.25) is 12.1 Å². The minimum absolute atomic E-state index is 0.189. The summed E-state index contributed by atoms with van der Waals surface area (Å²) in [6.07, 6.45) is -0.157. The van der Waals surface area contributed by atoms with Gasteiger partial charge in [0.25, 0.3) is 0 Å². The van der Waals surface area contributed by atoms with Gasteiger partial charge in [0, 0.05) is 6.92 Å². The van der Waals surface area contributed by atoms with E-state index in [9.17, 15) is 18.0 Å². The topological polar surface area (TPSA) is 101 Å². The van der Waals surface area contributed by atoms with Gasteiger partial charge in [-0.05, 0) is 6.42 Å². The second-order valence-electron chi connectivity index (χ2n) is 3.51. The molecule has 1 fully saturated rings. The molecule has 1 saturated heterocycles. The van der Waals surface area contributed by atoms with Crippen LogP contribution in [0.4, 0.5) is 0 Å². The number of amides is 1. The summed E-state index contributed by atoms with van der Waals surface area (Å²) in [4.78, 5) is 22.1. The summed E-state index contributed by atoms with van der Waals surface area (Å²) in [5.74, 6) is -2.13. The Labute approximate surface area is 93.2 Å². The molecule has 0 spiro atoms. The molecule has 0 saturated carbocycles. The molecule has 1 amide bonds. The molecule has 8 heteroatoms. The van der Waals surface area contributed by atoms with E-state index >= 15 is 0 Å². The van der Waals surface area contributed by atoms with Crippen molar-refractivity contribution >= 4 is 22.2 Å². The van der Waals surface area contributed by atoms with Crippen LogP contribution in [0.2, 0.25) is 0 Å². The predicted molar refractivity (Wildman–Crippen MR) is 52.3 cm³/mol. The molecule has 1 rings (SSSR count). The number of carbonyl (C=O) groups is 2. The highest BCUT2D eigenvalue weighted by atomic mass is 32.2. The second kappa shape index (κ2) is 4.38. The molecule has 2 atom stereocenters. The SMILES string of the molecule is CCC[C@H]1C(=O)N(S(=O)(=O)O)[C@H]1OC(C)=O. The highest BCUT2D eigenvalue weighted by Gasteiger charge is 2.54. The lowest BCUT2D eigenvalue weighted by molar-refractivity contribution is -0.184. The molecule has 1 N–H and O–H groups in total. The van der Waals surface area contributed by atoms with Crippen LogP contribution < -0.4 is 0 Å². The number of hydrogen-bond donors (Lipinski definition) is 1. The van der Waals surface area contributed by atoms with Crippen molar-refractivity contribution in [1.29, 1.82) is 0 Å². The molecule has 0 aromatic heterocycles. The summed E-state index contributed by atoms with van der Waals surface area (Å²) in [5.41, 5.74) is 0. The first-order valence-corrected chi connectivity index (χ1v) is 6.16. The van der Waals surface area contributed by atoms with Gasteiger partial charge in [0.05, 0.1) is 5.92 Å². The molecule has 0 radical (unpaired) electrons. The Morgan fingerprint density at radius 1 is 1.56 bits per heavy atom. The fourth-order valence-corrected chi connectivity index (χ4v) is 2.43. The van der Waals surface area contributed by atoms with Crippen molar-refractivity contribution in [3.8, 4) is 0 Å². The van der Waals surface area contributed by atoms with E-state index in [1.54, 1.807) is 0 Å². The quantitative estimate of drug-likeness (QED) is 0.426. The average Bonchev–Trinajstić information content (AvgIpc) is 2.10. The fourth-order valence-electron chi connectivity index (χ4n) is 1.61. The van der Waals surface area contributed by atoms with Crippen LogP contribution in [0, 0.1) is 5.92 Å². The van der Waals surface area contributed by atoms with Crippen LogP contribution in [0.5, 0.6) is 0 Å². The summed E-state index contributed by atoms with van der Waals surface area (Å²) in [6, 6.07) is 0. The highest BCUT2D eigenvalue weighted by molar-refractivity contribution is 7.84. The van der Waals surface area contributed by atoms with Gasteiger partial charge >= 0.3 is 16.3 Å². The summed E-state index contributed by atoms with van der Waals surface area (Å²) in [7, 11) is -4.65. The van der Waals surface area contributed by atoms with Crippen LogP contribution in [0.25, 0.3) is 0 Å². The van der Waals surface area contributed by atoms with Crippen LogP contribution in [0.1, 0.15) is 26.7 Å². The van der Waals surface area contributed by atoms with Gasteiger partial charge < -0.3 is 4.74 Å². The van der Waals surface area contributed by atoms with E-state index in [4.69, 9.17) is 4.55 Å². The third-order valence-electron chi connectivity index (χ3n) is 2.24. The van der Waals surface area contributed by atoms with Crippen molar-refractivity contribution in [3.63, 3.8) is 0 Å². The Morgan fingerprint density at radius 3 is 2.50 bits per heavy atom. The first-order valence-electron chi connectivity index (χ1n) is 4.77. The van der Waals surface area contributed by atoms with Gasteiger partial charge in [-0.15, -0.1) is 0 Å². The molecule has 0 unspecified atom stereocenters. The number of ether oxygens (including phenoxy) is 1. The third kappa shape index (κ3) is 2.33. The van der Waals surface area contributed by atoms with Crippen LogP contribution in [-0.2, 0) is 24.6 Å². The van der Waals surface area contributed by atoms with E-state index in [0.29, 0.717) is 12.8 Å². The monoisotopic (exact) mass is 251 g/mol. The van der Waals surface area contributed by atoms with Gasteiger partial charge in [-0.3, -0.25) is 14.1 Å². The van der Waals surface area contributed by atoms with Crippen molar-refractivity contribution in [2.24, 2.45) is 5.92 Å². The zero-order valence-electron chi connectivity index (χ0n) is 8.91. The van der Waals surface area contributed by atoms with Crippen molar-refractivity contribution in [1.82, 2.24) is 4.31 Å². The molecule has 1 heterocycles. The normalized spacial score (nSPS) is 25.2. The molecule has 0 aromatic rings. The number of carbonyl (C=O) groups excluding carboxylic acids is 2. The Balaban J connectivity index is 2.87. The van der Waals surface area contributed by atoms with Crippen molar-refractivity contribution in [3.05, 3.63) is 0 Å². The lowest BCUT2D eigenvalue weighted by Crippen LogP contribution is -2.64. The largest absolute Gasteiger partial charge is 0.440 e. The molecule has 92 valence electrons. The smallest absolute Gasteiger partial charge is 0.365 e. The van der Waals surface area contributed by atoms with E-state index in [1.165, 1.54) is 0 Å². The van der Waals surface area contributed by atoms with Crippen LogP contribution in [-0.4, -0.2) is 35.4 Å². The third-order valence-corrected chi connectivity index (χ3v) is 3.13. The number of esters is 1. The maximum Gasteiger partial charge on any atom is 0.365 e. The first kappa shape index (κ1) is 12.9. The second-order valence-corrected chi connectivity index (χ2v) is 4.80.